The molecule has 1 heterocycles. The van der Waals surface area contributed by atoms with E-state index >= 15 is 0 Å². The Balaban J connectivity index is 2.19. The zero-order valence-electron chi connectivity index (χ0n) is 10.3. The van der Waals surface area contributed by atoms with Crippen LogP contribution in [0, 0.1) is 0 Å². The molecule has 0 saturated carbocycles. The first kappa shape index (κ1) is 16.1. The predicted molar refractivity (Wildman–Crippen MR) is 72.1 cm³/mol. The fourth-order valence-electron chi connectivity index (χ4n) is 2.81. The molecule has 2 unspecified atom stereocenters. The molecule has 0 aliphatic carbocycles. The second-order valence-corrected chi connectivity index (χ2v) is 19.2. The van der Waals surface area contributed by atoms with Crippen molar-refractivity contribution in [2.75, 3.05) is 4.90 Å². The van der Waals surface area contributed by atoms with Crippen molar-refractivity contribution in [2.45, 2.75) is 32.8 Å². The summed E-state index contributed by atoms with van der Waals surface area (Å²) in [6, 6.07) is 9.60. The third-order valence-corrected chi connectivity index (χ3v) is 14.6. The molecule has 1 fully saturated rings. The van der Waals surface area contributed by atoms with Crippen LogP contribution >= 0.6 is 28.1 Å². The van der Waals surface area contributed by atoms with Crippen molar-refractivity contribution in [3.8, 4) is 0 Å². The molecular weight excluding hydrogens is 666 g/mol. The Morgan fingerprint density at radius 2 is 1.50 bits per heavy atom. The molecule has 0 aromatic heterocycles. The Kier molecular flexibility index (Phi) is 7.41. The van der Waals surface area contributed by atoms with E-state index in [0.29, 0.717) is 12.1 Å². The molecule has 1 aliphatic rings. The van der Waals surface area contributed by atoms with Gasteiger partial charge in [-0.1, -0.05) is 0 Å². The van der Waals surface area contributed by atoms with Crippen molar-refractivity contribution in [3.05, 3.63) is 29.3 Å². The van der Waals surface area contributed by atoms with Gasteiger partial charge in [0.2, 0.25) is 0 Å². The van der Waals surface area contributed by atoms with Gasteiger partial charge in [0.15, 0.2) is 0 Å². The quantitative estimate of drug-likeness (QED) is 0.397. The van der Waals surface area contributed by atoms with Gasteiger partial charge in [-0.25, -0.2) is 0 Å². The molecule has 1 nitrogen and oxygen atoms in total. The van der Waals surface area contributed by atoms with Crippen molar-refractivity contribution in [3.63, 3.8) is 0 Å². The van der Waals surface area contributed by atoms with Gasteiger partial charge in [-0.3, -0.25) is 0 Å². The first-order valence-corrected chi connectivity index (χ1v) is 28.1. The molecule has 0 N–H and O–H groups in total. The summed E-state index contributed by atoms with van der Waals surface area (Å²) in [4.78, 5) is 2.60. The van der Waals surface area contributed by atoms with Crippen LogP contribution in [0.2, 0.25) is 12.9 Å². The van der Waals surface area contributed by atoms with Crippen LogP contribution in [0.5, 0.6) is 0 Å². The van der Waals surface area contributed by atoms with Gasteiger partial charge >= 0.3 is 147 Å². The van der Waals surface area contributed by atoms with Crippen LogP contribution in [0.4, 0.5) is 5.69 Å². The molecular formula is C12H14Cl3Hg2N. The van der Waals surface area contributed by atoms with Crippen LogP contribution in [0.3, 0.4) is 0 Å². The molecule has 1 aromatic rings. The van der Waals surface area contributed by atoms with Gasteiger partial charge in [-0.15, -0.1) is 0 Å². The Bertz CT molecular complexity index is 360. The summed E-state index contributed by atoms with van der Waals surface area (Å²) in [5.74, 6) is 0. The van der Waals surface area contributed by atoms with Crippen LogP contribution in [-0.4, -0.2) is 12.1 Å². The fourth-order valence-corrected chi connectivity index (χ4v) is 13.7. The maximum absolute atomic E-state index is 6.15. The van der Waals surface area contributed by atoms with E-state index in [4.69, 9.17) is 28.1 Å². The van der Waals surface area contributed by atoms with Crippen LogP contribution in [-0.2, 0) is 46.7 Å². The van der Waals surface area contributed by atoms with Crippen LogP contribution in [0.1, 0.15) is 12.8 Å². The fraction of sp³-hybridized carbons (Fsp3) is 0.500. The number of anilines is 1. The molecule has 18 heavy (non-hydrogen) atoms. The number of hydrogen-bond acceptors (Lipinski definition) is 1. The van der Waals surface area contributed by atoms with Crippen molar-refractivity contribution in [1.82, 2.24) is 0 Å². The molecule has 1 aliphatic heterocycles. The average molecular weight is 680 g/mol. The molecule has 0 radical (unpaired) electrons. The Morgan fingerprint density at radius 1 is 1.00 bits per heavy atom. The molecule has 0 spiro atoms. The van der Waals surface area contributed by atoms with Gasteiger partial charge in [0.1, 0.15) is 0 Å². The van der Waals surface area contributed by atoms with Crippen LogP contribution in [0.15, 0.2) is 24.3 Å². The number of hydrogen-bond donors (Lipinski definition) is 0. The van der Waals surface area contributed by atoms with E-state index in [1.54, 1.807) is 0 Å². The first-order valence-electron chi connectivity index (χ1n) is 6.42. The zero-order valence-corrected chi connectivity index (χ0v) is 23.6. The van der Waals surface area contributed by atoms with E-state index in [2.05, 4.69) is 17.0 Å². The molecule has 0 amide bonds. The molecule has 1 saturated heterocycles. The minimum atomic E-state index is -1.09. The first-order chi connectivity index (χ1) is 8.76. The van der Waals surface area contributed by atoms with E-state index in [1.165, 1.54) is 26.4 Å². The number of nitrogens with zero attached hydrogens (tertiary/aromatic N) is 1. The summed E-state index contributed by atoms with van der Waals surface area (Å²) >= 11 is 3.80. The number of halogens is 3. The molecule has 0 bridgehead atoms. The van der Waals surface area contributed by atoms with E-state index in [-0.39, 0.29) is 0 Å². The third-order valence-electron chi connectivity index (χ3n) is 3.63. The van der Waals surface area contributed by atoms with Crippen molar-refractivity contribution in [2.24, 2.45) is 0 Å². The summed E-state index contributed by atoms with van der Waals surface area (Å²) in [6.45, 7) is 0. The normalized spacial score (nSPS) is 22.7. The molecule has 6 heteroatoms. The van der Waals surface area contributed by atoms with Gasteiger partial charge in [-0.05, 0) is 0 Å². The number of benzene rings is 1. The van der Waals surface area contributed by atoms with Gasteiger partial charge in [0.05, 0.1) is 0 Å². The molecule has 2 rings (SSSR count). The van der Waals surface area contributed by atoms with Crippen LogP contribution < -0.4 is 4.90 Å². The molecule has 1 aromatic carbocycles. The summed E-state index contributed by atoms with van der Waals surface area (Å²) < 4.78 is 2.56. The monoisotopic (exact) mass is 681 g/mol. The van der Waals surface area contributed by atoms with Crippen molar-refractivity contribution >= 4 is 33.8 Å². The maximum atomic E-state index is 6.15. The van der Waals surface area contributed by atoms with E-state index in [1.807, 2.05) is 12.1 Å². The summed E-state index contributed by atoms with van der Waals surface area (Å²) in [6.07, 6.45) is 2.59. The topological polar surface area (TPSA) is 3.24 Å². The minimum absolute atomic E-state index is 0.673. The second-order valence-electron chi connectivity index (χ2n) is 4.72. The van der Waals surface area contributed by atoms with Gasteiger partial charge < -0.3 is 0 Å². The van der Waals surface area contributed by atoms with E-state index in [0.717, 1.165) is 5.02 Å². The Labute approximate surface area is 145 Å². The third kappa shape index (κ3) is 4.13. The zero-order chi connectivity index (χ0) is 13.0. The molecule has 92 valence electrons. The predicted octanol–water partition coefficient (Wildman–Crippen LogP) is 4.99. The van der Waals surface area contributed by atoms with Gasteiger partial charge in [-0.2, -0.15) is 0 Å². The van der Waals surface area contributed by atoms with Crippen molar-refractivity contribution in [1.29, 1.82) is 0 Å². The standard InChI is InChI=1S/C12H14ClN.2ClH.2Hg/c1-9-3-4-10(2)14(9)12-7-5-11(13)6-8-12;;;;/h5-10H,1-4H2;2*1H;;/q;;;2*+1/p-2. The molecule has 2 atom stereocenters. The Morgan fingerprint density at radius 3 is 1.94 bits per heavy atom. The van der Waals surface area contributed by atoms with Gasteiger partial charge in [0.25, 0.3) is 0 Å². The second kappa shape index (κ2) is 8.26. The summed E-state index contributed by atoms with van der Waals surface area (Å²) in [5.41, 5.74) is 1.31. The summed E-state index contributed by atoms with van der Waals surface area (Å²) in [5, 5.41) is 0.806. The SMILES string of the molecule is [Cl][Hg][CH2]C1CCC([CH2][Hg][Cl])N1c1ccc(Cl)cc1. The number of rotatable bonds is 5. The average Bonchev–Trinajstić information content (AvgIpc) is 2.75. The van der Waals surface area contributed by atoms with Gasteiger partial charge in [0, 0.05) is 0 Å². The van der Waals surface area contributed by atoms with E-state index in [9.17, 15) is 0 Å². The Hall–Kier alpha value is 1.76. The van der Waals surface area contributed by atoms with Crippen molar-refractivity contribution < 1.29 is 46.7 Å². The summed E-state index contributed by atoms with van der Waals surface area (Å²) in [7, 11) is 12.3. The van der Waals surface area contributed by atoms with E-state index < -0.39 is 46.7 Å². The van der Waals surface area contributed by atoms with Crippen LogP contribution in [0.25, 0.3) is 0 Å².